The summed E-state index contributed by atoms with van der Waals surface area (Å²) < 4.78 is 10.4. The van der Waals surface area contributed by atoms with Crippen LogP contribution in [-0.2, 0) is 0 Å². The summed E-state index contributed by atoms with van der Waals surface area (Å²) in [4.78, 5) is 0. The molecule has 0 aromatic heterocycles. The Morgan fingerprint density at radius 1 is 1.25 bits per heavy atom. The first-order chi connectivity index (χ1) is 7.74. The molecule has 1 aliphatic heterocycles. The molecule has 0 bridgehead atoms. The summed E-state index contributed by atoms with van der Waals surface area (Å²) in [5.41, 5.74) is 0.903. The van der Waals surface area contributed by atoms with Crippen LogP contribution in [0.4, 0.5) is 5.69 Å². The normalized spacial score (nSPS) is 15.4. The van der Waals surface area contributed by atoms with Crippen LogP contribution in [0.1, 0.15) is 0 Å². The highest BCUT2D eigenvalue weighted by Gasteiger charge is 2.19. The molecule has 5 heteroatoms. The van der Waals surface area contributed by atoms with Crippen molar-refractivity contribution >= 4 is 17.3 Å². The van der Waals surface area contributed by atoms with Crippen molar-refractivity contribution < 1.29 is 9.47 Å². The van der Waals surface area contributed by atoms with Crippen LogP contribution in [0.5, 0.6) is 11.5 Å². The lowest BCUT2D eigenvalue weighted by atomic mass is 10.1. The summed E-state index contributed by atoms with van der Waals surface area (Å²) in [7, 11) is 3.22. The summed E-state index contributed by atoms with van der Waals surface area (Å²) in [5, 5.41) is 7.14. The van der Waals surface area contributed by atoms with Crippen LogP contribution < -0.4 is 20.1 Å². The quantitative estimate of drug-likeness (QED) is 0.844. The van der Waals surface area contributed by atoms with Crippen molar-refractivity contribution in [3.05, 3.63) is 17.2 Å². The van der Waals surface area contributed by atoms with E-state index >= 15 is 0 Å². The van der Waals surface area contributed by atoms with Gasteiger partial charge in [-0.1, -0.05) is 11.6 Å². The minimum atomic E-state index is 0.443. The minimum absolute atomic E-state index is 0.443. The van der Waals surface area contributed by atoms with Crippen LogP contribution in [0.3, 0.4) is 0 Å². The maximum atomic E-state index is 6.07. The maximum absolute atomic E-state index is 6.07. The Labute approximate surface area is 99.9 Å². The van der Waals surface area contributed by atoms with Crippen LogP contribution in [0.15, 0.2) is 12.1 Å². The van der Waals surface area contributed by atoms with Gasteiger partial charge in [-0.2, -0.15) is 0 Å². The second kappa shape index (κ2) is 4.80. The standard InChI is InChI=1S/C11H15ClN2O2/c1-15-10-4-11(16-2)9(3-8(10)12)14-7-5-13-6-7/h3-4,7,13-14H,5-6H2,1-2H3. The first kappa shape index (κ1) is 11.4. The molecule has 16 heavy (non-hydrogen) atoms. The van der Waals surface area contributed by atoms with Gasteiger partial charge in [-0.25, -0.2) is 0 Å². The summed E-state index contributed by atoms with van der Waals surface area (Å²) in [5.74, 6) is 1.36. The topological polar surface area (TPSA) is 42.5 Å². The zero-order valence-corrected chi connectivity index (χ0v) is 10.1. The molecule has 0 aliphatic carbocycles. The van der Waals surface area contributed by atoms with Crippen LogP contribution in [0.2, 0.25) is 5.02 Å². The fourth-order valence-corrected chi connectivity index (χ4v) is 1.82. The average molecular weight is 243 g/mol. The van der Waals surface area contributed by atoms with Gasteiger partial charge < -0.3 is 20.1 Å². The summed E-state index contributed by atoms with van der Waals surface area (Å²) in [6.45, 7) is 1.93. The number of anilines is 1. The van der Waals surface area contributed by atoms with E-state index in [-0.39, 0.29) is 0 Å². The second-order valence-corrected chi connectivity index (χ2v) is 4.09. The van der Waals surface area contributed by atoms with Crippen molar-refractivity contribution in [3.63, 3.8) is 0 Å². The minimum Gasteiger partial charge on any atom is -0.495 e. The van der Waals surface area contributed by atoms with E-state index in [4.69, 9.17) is 21.1 Å². The van der Waals surface area contributed by atoms with Crippen LogP contribution in [-0.4, -0.2) is 33.4 Å². The summed E-state index contributed by atoms with van der Waals surface area (Å²) in [6.07, 6.45) is 0. The van der Waals surface area contributed by atoms with Gasteiger partial charge in [-0.3, -0.25) is 0 Å². The highest BCUT2D eigenvalue weighted by atomic mass is 35.5. The summed E-state index contributed by atoms with van der Waals surface area (Å²) in [6, 6.07) is 4.06. The van der Waals surface area contributed by atoms with Crippen molar-refractivity contribution in [1.82, 2.24) is 5.32 Å². The second-order valence-electron chi connectivity index (χ2n) is 3.69. The smallest absolute Gasteiger partial charge is 0.145 e. The van der Waals surface area contributed by atoms with Crippen molar-refractivity contribution in [2.45, 2.75) is 6.04 Å². The van der Waals surface area contributed by atoms with E-state index in [1.807, 2.05) is 6.07 Å². The molecule has 0 saturated carbocycles. The number of hydrogen-bond donors (Lipinski definition) is 2. The lowest BCUT2D eigenvalue weighted by molar-refractivity contribution is 0.394. The van der Waals surface area contributed by atoms with Crippen molar-refractivity contribution in [2.24, 2.45) is 0 Å². The molecule has 2 rings (SSSR count). The zero-order valence-electron chi connectivity index (χ0n) is 9.34. The van der Waals surface area contributed by atoms with Gasteiger partial charge in [0.2, 0.25) is 0 Å². The molecule has 1 saturated heterocycles. The van der Waals surface area contributed by atoms with Gasteiger partial charge >= 0.3 is 0 Å². The number of ether oxygens (including phenoxy) is 2. The van der Waals surface area contributed by atoms with E-state index in [0.717, 1.165) is 24.5 Å². The maximum Gasteiger partial charge on any atom is 0.145 e. The fourth-order valence-electron chi connectivity index (χ4n) is 1.58. The molecule has 88 valence electrons. The molecule has 1 fully saturated rings. The third-order valence-corrected chi connectivity index (χ3v) is 2.91. The molecule has 0 radical (unpaired) electrons. The highest BCUT2D eigenvalue weighted by Crippen LogP contribution is 2.36. The number of halogens is 1. The molecule has 1 aromatic carbocycles. The molecular weight excluding hydrogens is 228 g/mol. The fraction of sp³-hybridized carbons (Fsp3) is 0.455. The van der Waals surface area contributed by atoms with E-state index < -0.39 is 0 Å². The Morgan fingerprint density at radius 3 is 2.44 bits per heavy atom. The van der Waals surface area contributed by atoms with E-state index in [1.54, 1.807) is 20.3 Å². The van der Waals surface area contributed by atoms with Gasteiger partial charge in [0.05, 0.1) is 31.0 Å². The number of methoxy groups -OCH3 is 2. The molecule has 1 heterocycles. The Hall–Kier alpha value is -1.13. The van der Waals surface area contributed by atoms with Gasteiger partial charge in [0.25, 0.3) is 0 Å². The zero-order chi connectivity index (χ0) is 11.5. The molecule has 0 spiro atoms. The molecule has 1 aliphatic rings. The Balaban J connectivity index is 2.24. The third-order valence-electron chi connectivity index (χ3n) is 2.62. The number of nitrogens with one attached hydrogen (secondary N) is 2. The summed E-state index contributed by atoms with van der Waals surface area (Å²) >= 11 is 6.07. The average Bonchev–Trinajstić information content (AvgIpc) is 2.23. The molecule has 0 atom stereocenters. The third kappa shape index (κ3) is 2.18. The lowest BCUT2D eigenvalue weighted by Crippen LogP contribution is -2.51. The van der Waals surface area contributed by atoms with Crippen molar-refractivity contribution in [2.75, 3.05) is 32.6 Å². The Kier molecular flexibility index (Phi) is 3.41. The van der Waals surface area contributed by atoms with Gasteiger partial charge in [-0.15, -0.1) is 0 Å². The van der Waals surface area contributed by atoms with Gasteiger partial charge in [0.1, 0.15) is 11.5 Å². The number of rotatable bonds is 4. The molecule has 0 unspecified atom stereocenters. The number of hydrogen-bond acceptors (Lipinski definition) is 4. The molecular formula is C11H15ClN2O2. The van der Waals surface area contributed by atoms with Gasteiger partial charge in [-0.05, 0) is 6.07 Å². The van der Waals surface area contributed by atoms with E-state index in [2.05, 4.69) is 10.6 Å². The van der Waals surface area contributed by atoms with Crippen LogP contribution in [0, 0.1) is 0 Å². The van der Waals surface area contributed by atoms with Gasteiger partial charge in [0.15, 0.2) is 0 Å². The Bertz CT molecular complexity index is 380. The van der Waals surface area contributed by atoms with Crippen molar-refractivity contribution in [1.29, 1.82) is 0 Å². The first-order valence-electron chi connectivity index (χ1n) is 5.13. The molecule has 2 N–H and O–H groups in total. The van der Waals surface area contributed by atoms with E-state index in [1.165, 1.54) is 0 Å². The molecule has 1 aromatic rings. The predicted molar refractivity (Wildman–Crippen MR) is 64.8 cm³/mol. The van der Waals surface area contributed by atoms with E-state index in [9.17, 15) is 0 Å². The van der Waals surface area contributed by atoms with E-state index in [0.29, 0.717) is 16.8 Å². The van der Waals surface area contributed by atoms with Crippen molar-refractivity contribution in [3.8, 4) is 11.5 Å². The lowest BCUT2D eigenvalue weighted by Gasteiger charge is -2.29. The van der Waals surface area contributed by atoms with Gasteiger partial charge in [0, 0.05) is 19.2 Å². The Morgan fingerprint density at radius 2 is 1.94 bits per heavy atom. The first-order valence-corrected chi connectivity index (χ1v) is 5.51. The number of benzene rings is 1. The predicted octanol–water partition coefficient (Wildman–Crippen LogP) is 1.74. The monoisotopic (exact) mass is 242 g/mol. The molecule has 4 nitrogen and oxygen atoms in total. The SMILES string of the molecule is COc1cc(OC)c(NC2CNC2)cc1Cl. The highest BCUT2D eigenvalue weighted by molar-refractivity contribution is 6.32. The van der Waals surface area contributed by atoms with Crippen LogP contribution in [0.25, 0.3) is 0 Å². The largest absolute Gasteiger partial charge is 0.495 e. The molecule has 0 amide bonds. The van der Waals surface area contributed by atoms with Crippen LogP contribution >= 0.6 is 11.6 Å².